The zero-order valence-electron chi connectivity index (χ0n) is 14.5. The normalized spacial score (nSPS) is 15.7. The van der Waals surface area contributed by atoms with Gasteiger partial charge in [-0.05, 0) is 31.5 Å². The summed E-state index contributed by atoms with van der Waals surface area (Å²) in [6, 6.07) is 6.06. The molecular formula is C17H21N7O. The number of aromatic nitrogens is 5. The Bertz CT molecular complexity index is 848. The molecule has 8 nitrogen and oxygen atoms in total. The molecule has 1 fully saturated rings. The van der Waals surface area contributed by atoms with E-state index >= 15 is 0 Å². The minimum absolute atomic E-state index is 0.681. The van der Waals surface area contributed by atoms with Gasteiger partial charge in [0, 0.05) is 32.4 Å². The molecule has 130 valence electrons. The second kappa shape index (κ2) is 6.64. The second-order valence-electron chi connectivity index (χ2n) is 6.31. The average molecular weight is 339 g/mol. The van der Waals surface area contributed by atoms with Crippen LogP contribution in [0.3, 0.4) is 0 Å². The number of rotatable bonds is 4. The molecule has 0 aliphatic carbocycles. The van der Waals surface area contributed by atoms with Crippen LogP contribution in [0.1, 0.15) is 17.3 Å². The number of aryl methyl sites for hydroxylation is 2. The Hall–Kier alpha value is -2.74. The van der Waals surface area contributed by atoms with Crippen molar-refractivity contribution in [3.8, 4) is 5.82 Å². The van der Waals surface area contributed by atoms with Crippen LogP contribution in [-0.2, 0) is 6.54 Å². The molecule has 8 heteroatoms. The van der Waals surface area contributed by atoms with Crippen LogP contribution in [-0.4, -0.2) is 56.0 Å². The molecule has 0 atom stereocenters. The number of pyridine rings is 1. The lowest BCUT2D eigenvalue weighted by Crippen LogP contribution is -2.46. The quantitative estimate of drug-likeness (QED) is 0.714. The van der Waals surface area contributed by atoms with Gasteiger partial charge >= 0.3 is 0 Å². The zero-order chi connectivity index (χ0) is 17.2. The Morgan fingerprint density at radius 1 is 1.04 bits per heavy atom. The van der Waals surface area contributed by atoms with Crippen molar-refractivity contribution >= 4 is 5.82 Å². The van der Waals surface area contributed by atoms with Crippen molar-refractivity contribution in [3.63, 3.8) is 0 Å². The monoisotopic (exact) mass is 339 g/mol. The van der Waals surface area contributed by atoms with E-state index in [0.29, 0.717) is 18.3 Å². The van der Waals surface area contributed by atoms with Crippen LogP contribution in [0.4, 0.5) is 5.82 Å². The molecule has 0 spiro atoms. The van der Waals surface area contributed by atoms with Gasteiger partial charge in [-0.2, -0.15) is 10.1 Å². The average Bonchev–Trinajstić information content (AvgIpc) is 3.24. The van der Waals surface area contributed by atoms with Gasteiger partial charge in [-0.1, -0.05) is 11.2 Å². The topological polar surface area (TPSA) is 76.1 Å². The predicted octanol–water partition coefficient (Wildman–Crippen LogP) is 1.59. The first-order chi connectivity index (χ1) is 12.2. The molecule has 3 aromatic heterocycles. The Balaban J connectivity index is 1.40. The molecule has 25 heavy (non-hydrogen) atoms. The Morgan fingerprint density at radius 2 is 1.84 bits per heavy atom. The van der Waals surface area contributed by atoms with Crippen molar-refractivity contribution < 1.29 is 4.52 Å². The van der Waals surface area contributed by atoms with Gasteiger partial charge in [0.1, 0.15) is 5.82 Å². The molecular weight excluding hydrogens is 318 g/mol. The number of anilines is 1. The van der Waals surface area contributed by atoms with Crippen molar-refractivity contribution in [1.82, 2.24) is 29.8 Å². The van der Waals surface area contributed by atoms with Gasteiger partial charge in [-0.25, -0.2) is 9.67 Å². The number of nitrogens with zero attached hydrogens (tertiary/aromatic N) is 7. The van der Waals surface area contributed by atoms with Gasteiger partial charge in [0.25, 0.3) is 0 Å². The highest BCUT2D eigenvalue weighted by Gasteiger charge is 2.20. The smallest absolute Gasteiger partial charge is 0.240 e. The summed E-state index contributed by atoms with van der Waals surface area (Å²) < 4.78 is 7.02. The van der Waals surface area contributed by atoms with Crippen LogP contribution in [0.2, 0.25) is 0 Å². The van der Waals surface area contributed by atoms with E-state index in [1.165, 1.54) is 0 Å². The molecule has 1 aliphatic heterocycles. The SMILES string of the molecule is Cc1cnn(-c2cccc(N3CCN(Cc4nc(C)no4)CC3)n2)c1. The maximum atomic E-state index is 5.21. The summed E-state index contributed by atoms with van der Waals surface area (Å²) in [5.41, 5.74) is 1.12. The van der Waals surface area contributed by atoms with E-state index in [0.717, 1.165) is 43.4 Å². The first-order valence-corrected chi connectivity index (χ1v) is 8.42. The predicted molar refractivity (Wildman–Crippen MR) is 92.6 cm³/mol. The van der Waals surface area contributed by atoms with E-state index in [4.69, 9.17) is 9.51 Å². The molecule has 4 rings (SSSR count). The molecule has 1 saturated heterocycles. The van der Waals surface area contributed by atoms with E-state index in [1.54, 1.807) is 0 Å². The first kappa shape index (κ1) is 15.8. The third-order valence-electron chi connectivity index (χ3n) is 4.29. The van der Waals surface area contributed by atoms with E-state index < -0.39 is 0 Å². The lowest BCUT2D eigenvalue weighted by molar-refractivity contribution is 0.215. The van der Waals surface area contributed by atoms with Crippen molar-refractivity contribution in [3.05, 3.63) is 47.9 Å². The first-order valence-electron chi connectivity index (χ1n) is 8.42. The molecule has 0 saturated carbocycles. The van der Waals surface area contributed by atoms with Crippen LogP contribution in [0, 0.1) is 13.8 Å². The fraction of sp³-hybridized carbons (Fsp3) is 0.412. The van der Waals surface area contributed by atoms with Gasteiger partial charge in [-0.3, -0.25) is 4.90 Å². The molecule has 0 bridgehead atoms. The van der Waals surface area contributed by atoms with Gasteiger partial charge in [-0.15, -0.1) is 0 Å². The summed E-state index contributed by atoms with van der Waals surface area (Å²) in [6.45, 7) is 8.28. The maximum absolute atomic E-state index is 5.21. The highest BCUT2D eigenvalue weighted by Crippen LogP contribution is 2.17. The highest BCUT2D eigenvalue weighted by atomic mass is 16.5. The van der Waals surface area contributed by atoms with E-state index in [1.807, 2.05) is 43.1 Å². The molecule has 1 aliphatic rings. The van der Waals surface area contributed by atoms with Crippen LogP contribution in [0.5, 0.6) is 0 Å². The fourth-order valence-corrected chi connectivity index (χ4v) is 2.98. The molecule has 0 N–H and O–H groups in total. The van der Waals surface area contributed by atoms with E-state index in [9.17, 15) is 0 Å². The standard InChI is InChI=1S/C17H21N7O/c1-13-10-18-24(11-13)16-5-3-4-15(20-16)23-8-6-22(7-9-23)12-17-19-14(2)21-25-17/h3-5,10-11H,6-9,12H2,1-2H3. The Labute approximate surface area is 146 Å². The third kappa shape index (κ3) is 3.53. The number of piperazine rings is 1. The largest absolute Gasteiger partial charge is 0.354 e. The molecule has 0 radical (unpaired) electrons. The highest BCUT2D eigenvalue weighted by molar-refractivity contribution is 5.43. The maximum Gasteiger partial charge on any atom is 0.240 e. The summed E-state index contributed by atoms with van der Waals surface area (Å²) in [5, 5.41) is 8.18. The van der Waals surface area contributed by atoms with Crippen LogP contribution in [0.25, 0.3) is 5.82 Å². The molecule has 3 aromatic rings. The summed E-state index contributed by atoms with van der Waals surface area (Å²) in [4.78, 5) is 13.7. The van der Waals surface area contributed by atoms with Crippen molar-refractivity contribution in [1.29, 1.82) is 0 Å². The fourth-order valence-electron chi connectivity index (χ4n) is 2.98. The minimum Gasteiger partial charge on any atom is -0.354 e. The summed E-state index contributed by atoms with van der Waals surface area (Å²) in [5.74, 6) is 3.19. The van der Waals surface area contributed by atoms with Gasteiger partial charge in [0.05, 0.1) is 12.7 Å². The molecule has 4 heterocycles. The summed E-state index contributed by atoms with van der Waals surface area (Å²) in [6.07, 6.45) is 3.82. The molecule has 0 amide bonds. The molecule has 0 aromatic carbocycles. The second-order valence-corrected chi connectivity index (χ2v) is 6.31. The van der Waals surface area contributed by atoms with Crippen LogP contribution < -0.4 is 4.90 Å². The van der Waals surface area contributed by atoms with Crippen LogP contribution >= 0.6 is 0 Å². The lowest BCUT2D eigenvalue weighted by Gasteiger charge is -2.34. The zero-order valence-corrected chi connectivity index (χ0v) is 14.5. The summed E-state index contributed by atoms with van der Waals surface area (Å²) >= 11 is 0. The molecule has 0 unspecified atom stereocenters. The van der Waals surface area contributed by atoms with Crippen molar-refractivity contribution in [2.45, 2.75) is 20.4 Å². The van der Waals surface area contributed by atoms with Crippen LogP contribution in [0.15, 0.2) is 35.1 Å². The third-order valence-corrected chi connectivity index (χ3v) is 4.29. The lowest BCUT2D eigenvalue weighted by atomic mass is 10.3. The Kier molecular flexibility index (Phi) is 4.19. The number of hydrogen-bond donors (Lipinski definition) is 0. The van der Waals surface area contributed by atoms with E-state index in [2.05, 4.69) is 31.1 Å². The van der Waals surface area contributed by atoms with Gasteiger partial charge < -0.3 is 9.42 Å². The number of hydrogen-bond acceptors (Lipinski definition) is 7. The van der Waals surface area contributed by atoms with E-state index in [-0.39, 0.29) is 0 Å². The Morgan fingerprint density at radius 3 is 2.52 bits per heavy atom. The summed E-state index contributed by atoms with van der Waals surface area (Å²) in [7, 11) is 0. The van der Waals surface area contributed by atoms with Gasteiger partial charge in [0.15, 0.2) is 11.6 Å². The van der Waals surface area contributed by atoms with Crippen molar-refractivity contribution in [2.24, 2.45) is 0 Å². The minimum atomic E-state index is 0.681. The van der Waals surface area contributed by atoms with Gasteiger partial charge in [0.2, 0.25) is 5.89 Å². The van der Waals surface area contributed by atoms with Crippen molar-refractivity contribution in [2.75, 3.05) is 31.1 Å².